The summed E-state index contributed by atoms with van der Waals surface area (Å²) in [4.78, 5) is 14.3. The monoisotopic (exact) mass is 374 g/mol. The Morgan fingerprint density at radius 2 is 1.88 bits per heavy atom. The highest BCUT2D eigenvalue weighted by Crippen LogP contribution is 2.30. The summed E-state index contributed by atoms with van der Waals surface area (Å²) in [5, 5.41) is 9.24. The molecular formula is C19H26N4O2S. The molecule has 6 nitrogen and oxygen atoms in total. The van der Waals surface area contributed by atoms with E-state index in [9.17, 15) is 4.79 Å². The van der Waals surface area contributed by atoms with Crippen LogP contribution in [-0.2, 0) is 9.53 Å². The Hall–Kier alpha value is -2.02. The van der Waals surface area contributed by atoms with Gasteiger partial charge in [0.1, 0.15) is 5.25 Å². The zero-order valence-electron chi connectivity index (χ0n) is 15.6. The number of nitrogens with zero attached hydrogens (tertiary/aromatic N) is 4. The molecule has 1 aromatic heterocycles. The van der Waals surface area contributed by atoms with Crippen LogP contribution in [-0.4, -0.2) is 45.7 Å². The molecule has 1 unspecified atom stereocenters. The number of benzene rings is 1. The molecule has 2 heterocycles. The van der Waals surface area contributed by atoms with Crippen LogP contribution in [0.4, 0.5) is 5.95 Å². The van der Waals surface area contributed by atoms with Crippen LogP contribution in [0.3, 0.4) is 0 Å². The van der Waals surface area contributed by atoms with Crippen molar-refractivity contribution in [2.24, 2.45) is 0 Å². The first kappa shape index (κ1) is 18.8. The van der Waals surface area contributed by atoms with Crippen molar-refractivity contribution in [2.45, 2.75) is 50.4 Å². The van der Waals surface area contributed by atoms with E-state index >= 15 is 0 Å². The van der Waals surface area contributed by atoms with Crippen LogP contribution in [0.25, 0.3) is 5.69 Å². The van der Waals surface area contributed by atoms with Crippen LogP contribution in [0.5, 0.6) is 0 Å². The number of aryl methyl sites for hydroxylation is 1. The van der Waals surface area contributed by atoms with Crippen molar-refractivity contribution in [2.75, 3.05) is 24.6 Å². The highest BCUT2D eigenvalue weighted by Gasteiger charge is 2.25. The standard InChI is InChI=1S/C19H26N4O2S/c1-4-25-17(24)15(3)26-19-21-20-18(22-12-6-5-7-13-22)23(19)16-10-8-14(2)9-11-16/h8-11,15H,4-7,12-13H2,1-3H3. The number of thioether (sulfide) groups is 1. The van der Waals surface area contributed by atoms with Crippen molar-refractivity contribution in [3.63, 3.8) is 0 Å². The maximum absolute atomic E-state index is 12.0. The molecule has 1 aliphatic rings. The van der Waals surface area contributed by atoms with Crippen LogP contribution in [0.2, 0.25) is 0 Å². The molecule has 0 bridgehead atoms. The SMILES string of the molecule is CCOC(=O)C(C)Sc1nnc(N2CCCCC2)n1-c1ccc(C)cc1. The fourth-order valence-electron chi connectivity index (χ4n) is 3.02. The van der Waals surface area contributed by atoms with Crippen molar-refractivity contribution >= 4 is 23.7 Å². The van der Waals surface area contributed by atoms with Gasteiger partial charge in [0.05, 0.1) is 12.3 Å². The minimum absolute atomic E-state index is 0.226. The molecule has 0 aliphatic carbocycles. The Balaban J connectivity index is 1.94. The van der Waals surface area contributed by atoms with Gasteiger partial charge in [-0.05, 0) is 52.2 Å². The van der Waals surface area contributed by atoms with Gasteiger partial charge in [0.25, 0.3) is 0 Å². The lowest BCUT2D eigenvalue weighted by Gasteiger charge is -2.28. The van der Waals surface area contributed by atoms with Crippen molar-refractivity contribution in [1.29, 1.82) is 0 Å². The van der Waals surface area contributed by atoms with E-state index in [2.05, 4.69) is 50.9 Å². The van der Waals surface area contributed by atoms with Crippen molar-refractivity contribution in [3.05, 3.63) is 29.8 Å². The van der Waals surface area contributed by atoms with Gasteiger partial charge < -0.3 is 9.64 Å². The molecule has 0 N–H and O–H groups in total. The van der Waals surface area contributed by atoms with Crippen LogP contribution in [0.15, 0.2) is 29.4 Å². The van der Waals surface area contributed by atoms with Gasteiger partial charge in [-0.3, -0.25) is 9.36 Å². The minimum Gasteiger partial charge on any atom is -0.465 e. The second-order valence-corrected chi connectivity index (χ2v) is 7.82. The second kappa shape index (κ2) is 8.58. The fourth-order valence-corrected chi connectivity index (χ4v) is 3.88. The Labute approximate surface area is 158 Å². The van der Waals surface area contributed by atoms with Crippen molar-refractivity contribution < 1.29 is 9.53 Å². The topological polar surface area (TPSA) is 60.2 Å². The summed E-state index contributed by atoms with van der Waals surface area (Å²) in [7, 11) is 0. The molecule has 26 heavy (non-hydrogen) atoms. The molecule has 2 aromatic rings. The summed E-state index contributed by atoms with van der Waals surface area (Å²) in [6.07, 6.45) is 3.60. The average molecular weight is 375 g/mol. The molecule has 0 radical (unpaired) electrons. The number of carbonyl (C=O) groups is 1. The van der Waals surface area contributed by atoms with Gasteiger partial charge in [0.15, 0.2) is 5.16 Å². The number of carbonyl (C=O) groups excluding carboxylic acids is 1. The summed E-state index contributed by atoms with van der Waals surface area (Å²) in [6.45, 7) is 8.09. The summed E-state index contributed by atoms with van der Waals surface area (Å²) in [6, 6.07) is 8.31. The van der Waals surface area contributed by atoms with E-state index in [4.69, 9.17) is 4.74 Å². The molecule has 3 rings (SSSR count). The normalized spacial score (nSPS) is 15.7. The number of ether oxygens (including phenoxy) is 1. The molecule has 1 aromatic carbocycles. The lowest BCUT2D eigenvalue weighted by atomic mass is 10.1. The van der Waals surface area contributed by atoms with E-state index in [1.165, 1.54) is 36.6 Å². The van der Waals surface area contributed by atoms with E-state index in [0.717, 1.165) is 29.9 Å². The van der Waals surface area contributed by atoms with Gasteiger partial charge in [0, 0.05) is 13.1 Å². The third kappa shape index (κ3) is 4.20. The van der Waals surface area contributed by atoms with Crippen molar-refractivity contribution in [1.82, 2.24) is 14.8 Å². The summed E-state index contributed by atoms with van der Waals surface area (Å²) in [5.74, 6) is 0.627. The highest BCUT2D eigenvalue weighted by molar-refractivity contribution is 8.00. The lowest BCUT2D eigenvalue weighted by molar-refractivity contribution is -0.142. The van der Waals surface area contributed by atoms with Crippen LogP contribution >= 0.6 is 11.8 Å². The predicted octanol–water partition coefficient (Wildman–Crippen LogP) is 3.61. The Morgan fingerprint density at radius 1 is 1.19 bits per heavy atom. The van der Waals surface area contributed by atoms with E-state index in [0.29, 0.717) is 6.61 Å². The molecule has 140 valence electrons. The largest absolute Gasteiger partial charge is 0.465 e. The predicted molar refractivity (Wildman–Crippen MR) is 104 cm³/mol. The molecule has 0 saturated carbocycles. The van der Waals surface area contributed by atoms with E-state index in [1.807, 2.05) is 13.8 Å². The number of anilines is 1. The molecular weight excluding hydrogens is 348 g/mol. The lowest BCUT2D eigenvalue weighted by Crippen LogP contribution is -2.31. The molecule has 7 heteroatoms. The van der Waals surface area contributed by atoms with Gasteiger partial charge in [-0.2, -0.15) is 0 Å². The number of rotatable bonds is 6. The summed E-state index contributed by atoms with van der Waals surface area (Å²) in [5.41, 5.74) is 2.22. The molecule has 0 spiro atoms. The van der Waals surface area contributed by atoms with Crippen LogP contribution in [0, 0.1) is 6.92 Å². The third-order valence-electron chi connectivity index (χ3n) is 4.45. The van der Waals surface area contributed by atoms with E-state index < -0.39 is 0 Å². The quantitative estimate of drug-likeness (QED) is 0.569. The zero-order valence-corrected chi connectivity index (χ0v) is 16.5. The maximum atomic E-state index is 12.0. The van der Waals surface area contributed by atoms with Crippen LogP contribution < -0.4 is 4.90 Å². The minimum atomic E-state index is -0.336. The summed E-state index contributed by atoms with van der Waals surface area (Å²) < 4.78 is 7.19. The summed E-state index contributed by atoms with van der Waals surface area (Å²) >= 11 is 1.39. The first-order chi connectivity index (χ1) is 12.6. The fraction of sp³-hybridized carbons (Fsp3) is 0.526. The number of hydrogen-bond donors (Lipinski definition) is 0. The smallest absolute Gasteiger partial charge is 0.319 e. The van der Waals surface area contributed by atoms with Gasteiger partial charge in [0.2, 0.25) is 5.95 Å². The zero-order chi connectivity index (χ0) is 18.5. The highest BCUT2D eigenvalue weighted by atomic mass is 32.2. The van der Waals surface area contributed by atoms with Gasteiger partial charge in [-0.25, -0.2) is 0 Å². The number of hydrogen-bond acceptors (Lipinski definition) is 6. The molecule has 0 amide bonds. The molecule has 1 saturated heterocycles. The van der Waals surface area contributed by atoms with Crippen LogP contribution in [0.1, 0.15) is 38.7 Å². The Kier molecular flexibility index (Phi) is 6.19. The maximum Gasteiger partial charge on any atom is 0.319 e. The number of esters is 1. The molecule has 1 aliphatic heterocycles. The van der Waals surface area contributed by atoms with Gasteiger partial charge in [-0.1, -0.05) is 29.5 Å². The van der Waals surface area contributed by atoms with Gasteiger partial charge in [-0.15, -0.1) is 10.2 Å². The number of piperidine rings is 1. The van der Waals surface area contributed by atoms with Crippen molar-refractivity contribution in [3.8, 4) is 5.69 Å². The van der Waals surface area contributed by atoms with E-state index in [-0.39, 0.29) is 11.2 Å². The first-order valence-corrected chi connectivity index (χ1v) is 10.1. The third-order valence-corrected chi connectivity index (χ3v) is 5.47. The average Bonchev–Trinajstić information content (AvgIpc) is 3.07. The Bertz CT molecular complexity index is 738. The number of aromatic nitrogens is 3. The molecule has 1 fully saturated rings. The second-order valence-electron chi connectivity index (χ2n) is 6.51. The molecule has 1 atom stereocenters. The first-order valence-electron chi connectivity index (χ1n) is 9.21. The van der Waals surface area contributed by atoms with Gasteiger partial charge >= 0.3 is 5.97 Å². The Morgan fingerprint density at radius 3 is 2.54 bits per heavy atom. The van der Waals surface area contributed by atoms with E-state index in [1.54, 1.807) is 0 Å².